The van der Waals surface area contributed by atoms with Gasteiger partial charge >= 0.3 is 5.97 Å². The molecule has 1 saturated heterocycles. The molecule has 0 unspecified atom stereocenters. The second-order valence-electron chi connectivity index (χ2n) is 10.9. The van der Waals surface area contributed by atoms with Crippen LogP contribution in [0.4, 0.5) is 5.69 Å². The summed E-state index contributed by atoms with van der Waals surface area (Å²) in [4.78, 5) is 11.4. The van der Waals surface area contributed by atoms with Gasteiger partial charge in [0.15, 0.2) is 6.10 Å². The highest BCUT2D eigenvalue weighted by Gasteiger charge is 2.34. The topological polar surface area (TPSA) is 75.3 Å². The molecule has 3 aliphatic rings. The molecule has 3 aromatic carbocycles. The largest absolute Gasteiger partial charge is 0.493 e. The number of fused-ring (bicyclic) bond motifs is 2. The number of para-hydroxylation sites is 1. The fourth-order valence-electron chi connectivity index (χ4n) is 5.56. The quantitative estimate of drug-likeness (QED) is 0.391. The zero-order chi connectivity index (χ0) is 26.4. The summed E-state index contributed by atoms with van der Waals surface area (Å²) in [7, 11) is 0. The van der Waals surface area contributed by atoms with Crippen molar-refractivity contribution in [1.82, 2.24) is 0 Å². The van der Waals surface area contributed by atoms with Gasteiger partial charge in [0, 0.05) is 40.8 Å². The van der Waals surface area contributed by atoms with Crippen molar-refractivity contribution in [2.45, 2.75) is 39.8 Å². The number of benzene rings is 3. The lowest BCUT2D eigenvalue weighted by atomic mass is 9.90. The number of aryl methyl sites for hydroxylation is 2. The van der Waals surface area contributed by atoms with Gasteiger partial charge in [-0.2, -0.15) is 0 Å². The van der Waals surface area contributed by atoms with E-state index in [0.717, 1.165) is 64.0 Å². The van der Waals surface area contributed by atoms with E-state index in [1.54, 1.807) is 0 Å². The van der Waals surface area contributed by atoms with Gasteiger partial charge in [0.05, 0.1) is 25.9 Å². The van der Waals surface area contributed by atoms with Crippen molar-refractivity contribution in [1.29, 1.82) is 0 Å². The van der Waals surface area contributed by atoms with E-state index >= 15 is 0 Å². The molecule has 0 radical (unpaired) electrons. The summed E-state index contributed by atoms with van der Waals surface area (Å²) in [5.74, 6) is 2.23. The molecule has 0 amide bonds. The van der Waals surface area contributed by atoms with E-state index in [1.165, 1.54) is 12.5 Å². The van der Waals surface area contributed by atoms with Crippen LogP contribution in [0.3, 0.4) is 0 Å². The second-order valence-corrected chi connectivity index (χ2v) is 10.9. The molecular weight excluding hydrogens is 482 g/mol. The maximum Gasteiger partial charge on any atom is 0.303 e. The minimum atomic E-state index is -0.353. The minimum Gasteiger partial charge on any atom is -0.493 e. The van der Waals surface area contributed by atoms with Crippen LogP contribution < -0.4 is 19.5 Å². The van der Waals surface area contributed by atoms with E-state index in [-0.39, 0.29) is 23.5 Å². The zero-order valence-corrected chi connectivity index (χ0v) is 22.3. The molecule has 3 aromatic rings. The summed E-state index contributed by atoms with van der Waals surface area (Å²) >= 11 is 0. The van der Waals surface area contributed by atoms with E-state index in [0.29, 0.717) is 19.8 Å². The molecule has 2 atom stereocenters. The van der Waals surface area contributed by atoms with Crippen LogP contribution in [-0.2, 0) is 14.3 Å². The number of anilines is 1. The van der Waals surface area contributed by atoms with Crippen LogP contribution in [0.15, 0.2) is 48.5 Å². The van der Waals surface area contributed by atoms with E-state index < -0.39 is 0 Å². The molecule has 7 heteroatoms. The number of rotatable bonds is 7. The smallest absolute Gasteiger partial charge is 0.303 e. The monoisotopic (exact) mass is 515 g/mol. The minimum absolute atomic E-state index is 0.00216. The number of hydrogen-bond acceptors (Lipinski definition) is 7. The van der Waals surface area contributed by atoms with Crippen molar-refractivity contribution in [2.24, 2.45) is 5.41 Å². The van der Waals surface area contributed by atoms with E-state index in [4.69, 9.17) is 23.7 Å². The van der Waals surface area contributed by atoms with Crippen LogP contribution in [0.25, 0.3) is 11.1 Å². The highest BCUT2D eigenvalue weighted by molar-refractivity contribution is 5.79. The Bertz CT molecular complexity index is 1370. The highest BCUT2D eigenvalue weighted by Crippen LogP contribution is 2.45. The molecule has 38 heavy (non-hydrogen) atoms. The summed E-state index contributed by atoms with van der Waals surface area (Å²) in [6.07, 6.45) is -0.353. The lowest BCUT2D eigenvalue weighted by molar-refractivity contribution is -0.147. The molecule has 0 saturated carbocycles. The van der Waals surface area contributed by atoms with E-state index in [9.17, 15) is 4.79 Å². The molecule has 7 nitrogen and oxygen atoms in total. The number of nitrogens with one attached hydrogen (secondary N) is 1. The first-order valence-corrected chi connectivity index (χ1v) is 13.1. The Hall–Kier alpha value is -3.71. The molecule has 0 bridgehead atoms. The first-order valence-electron chi connectivity index (χ1n) is 13.1. The SMILES string of the molecule is CC(=O)O[C@@H]1COc2cc(N[C@@H]3COc4c(-c5c(C)cc(OCC6(C)COC6)cc5C)cccc43)ccc21. The van der Waals surface area contributed by atoms with Crippen molar-refractivity contribution >= 4 is 11.7 Å². The molecule has 198 valence electrons. The van der Waals surface area contributed by atoms with Gasteiger partial charge in [0.1, 0.15) is 30.5 Å². The van der Waals surface area contributed by atoms with Crippen LogP contribution in [-0.4, -0.2) is 39.0 Å². The van der Waals surface area contributed by atoms with Crippen molar-refractivity contribution in [3.8, 4) is 28.4 Å². The van der Waals surface area contributed by atoms with E-state index in [2.05, 4.69) is 56.4 Å². The predicted molar refractivity (Wildman–Crippen MR) is 144 cm³/mol. The average Bonchev–Trinajstić information content (AvgIpc) is 3.45. The number of esters is 1. The molecular formula is C31H33NO6. The normalized spacial score (nSPS) is 20.4. The fraction of sp³-hybridized carbons (Fsp3) is 0.387. The van der Waals surface area contributed by atoms with E-state index in [1.807, 2.05) is 18.2 Å². The highest BCUT2D eigenvalue weighted by atomic mass is 16.6. The first-order chi connectivity index (χ1) is 18.3. The van der Waals surface area contributed by atoms with Gasteiger partial charge in [-0.05, 0) is 54.8 Å². The van der Waals surface area contributed by atoms with Gasteiger partial charge in [-0.25, -0.2) is 0 Å². The molecule has 3 heterocycles. The van der Waals surface area contributed by atoms with Crippen molar-refractivity contribution in [3.63, 3.8) is 0 Å². The fourth-order valence-corrected chi connectivity index (χ4v) is 5.56. The Morgan fingerprint density at radius 1 is 1.03 bits per heavy atom. The lowest BCUT2D eigenvalue weighted by Gasteiger charge is -2.37. The summed E-state index contributed by atoms with van der Waals surface area (Å²) in [5, 5.41) is 3.60. The van der Waals surface area contributed by atoms with Crippen LogP contribution in [0.2, 0.25) is 0 Å². The maximum atomic E-state index is 11.4. The molecule has 3 aliphatic heterocycles. The van der Waals surface area contributed by atoms with Gasteiger partial charge in [-0.1, -0.05) is 25.1 Å². The summed E-state index contributed by atoms with van der Waals surface area (Å²) < 4.78 is 28.9. The third kappa shape index (κ3) is 4.56. The Labute approximate surface area is 223 Å². The van der Waals surface area contributed by atoms with Crippen LogP contribution in [0.1, 0.15) is 48.2 Å². The Morgan fingerprint density at radius 3 is 2.53 bits per heavy atom. The molecule has 0 aliphatic carbocycles. The summed E-state index contributed by atoms with van der Waals surface area (Å²) in [6, 6.07) is 16.5. The summed E-state index contributed by atoms with van der Waals surface area (Å²) in [5.41, 5.74) is 7.63. The summed E-state index contributed by atoms with van der Waals surface area (Å²) in [6.45, 7) is 10.9. The molecule has 6 rings (SSSR count). The first kappa shape index (κ1) is 24.6. The molecule has 0 spiro atoms. The Balaban J connectivity index is 1.22. The predicted octanol–water partition coefficient (Wildman–Crippen LogP) is 5.93. The second kappa shape index (κ2) is 9.55. The zero-order valence-electron chi connectivity index (χ0n) is 22.3. The number of hydrogen-bond donors (Lipinski definition) is 1. The van der Waals surface area contributed by atoms with Gasteiger partial charge in [-0.3, -0.25) is 4.79 Å². The third-order valence-electron chi connectivity index (χ3n) is 7.48. The Morgan fingerprint density at radius 2 is 1.82 bits per heavy atom. The average molecular weight is 516 g/mol. The van der Waals surface area contributed by atoms with Gasteiger partial charge < -0.3 is 29.0 Å². The van der Waals surface area contributed by atoms with Crippen molar-refractivity contribution in [3.05, 3.63) is 70.8 Å². The van der Waals surface area contributed by atoms with Gasteiger partial charge in [-0.15, -0.1) is 0 Å². The van der Waals surface area contributed by atoms with Crippen LogP contribution >= 0.6 is 0 Å². The molecule has 1 fully saturated rings. The maximum absolute atomic E-state index is 11.4. The van der Waals surface area contributed by atoms with Crippen molar-refractivity contribution in [2.75, 3.05) is 38.4 Å². The van der Waals surface area contributed by atoms with Crippen LogP contribution in [0.5, 0.6) is 17.2 Å². The van der Waals surface area contributed by atoms with Crippen LogP contribution in [0, 0.1) is 19.3 Å². The lowest BCUT2D eigenvalue weighted by Crippen LogP contribution is -2.44. The molecule has 1 N–H and O–H groups in total. The standard InChI is InChI=1S/C31H33NO6/c1-18-10-22(37-17-31(4)15-34-16-31)11-19(2)29(18)25-7-5-6-23-26(13-36-30(23)25)32-21-8-9-24-27(12-21)35-14-28(24)38-20(3)33/h5-12,26,28,32H,13-17H2,1-4H3/t26-,28-/m1/s1. The molecule has 0 aromatic heterocycles. The third-order valence-corrected chi connectivity index (χ3v) is 7.48. The van der Waals surface area contributed by atoms with Gasteiger partial charge in [0.2, 0.25) is 0 Å². The number of ether oxygens (including phenoxy) is 5. The van der Waals surface area contributed by atoms with Crippen molar-refractivity contribution < 1.29 is 28.5 Å². The Kier molecular flexibility index (Phi) is 6.19. The number of carbonyl (C=O) groups excluding carboxylic acids is 1. The van der Waals surface area contributed by atoms with Gasteiger partial charge in [0.25, 0.3) is 0 Å². The number of carbonyl (C=O) groups is 1.